The molecular formula is C13H19ClN2O3S. The van der Waals surface area contributed by atoms with Crippen LogP contribution in [0.2, 0.25) is 5.02 Å². The Kier molecular flexibility index (Phi) is 4.90. The van der Waals surface area contributed by atoms with Crippen LogP contribution in [-0.2, 0) is 14.8 Å². The minimum atomic E-state index is -3.64. The highest BCUT2D eigenvalue weighted by Gasteiger charge is 2.21. The summed E-state index contributed by atoms with van der Waals surface area (Å²) in [7, 11) is -3.64. The molecule has 0 amide bonds. The van der Waals surface area contributed by atoms with Gasteiger partial charge in [-0.25, -0.2) is 13.1 Å². The summed E-state index contributed by atoms with van der Waals surface area (Å²) in [4.78, 5) is 0.0228. The van der Waals surface area contributed by atoms with Gasteiger partial charge in [0.1, 0.15) is 4.90 Å². The van der Waals surface area contributed by atoms with Crippen molar-refractivity contribution in [2.45, 2.75) is 37.2 Å². The molecule has 1 fully saturated rings. The lowest BCUT2D eigenvalue weighted by Gasteiger charge is -2.12. The van der Waals surface area contributed by atoms with E-state index in [1.54, 1.807) is 13.0 Å². The lowest BCUT2D eigenvalue weighted by molar-refractivity contribution is 0.105. The van der Waals surface area contributed by atoms with Gasteiger partial charge >= 0.3 is 0 Å². The van der Waals surface area contributed by atoms with Gasteiger partial charge in [-0.15, -0.1) is 0 Å². The Bertz CT molecular complexity index is 584. The van der Waals surface area contributed by atoms with Crippen LogP contribution in [0, 0.1) is 6.92 Å². The molecule has 1 aliphatic rings. The molecule has 1 saturated heterocycles. The van der Waals surface area contributed by atoms with Gasteiger partial charge in [-0.05, 0) is 43.9 Å². The number of nitrogen functional groups attached to an aromatic ring is 1. The minimum Gasteiger partial charge on any atom is -0.398 e. The maximum Gasteiger partial charge on any atom is 0.242 e. The van der Waals surface area contributed by atoms with Crippen molar-refractivity contribution < 1.29 is 13.2 Å². The summed E-state index contributed by atoms with van der Waals surface area (Å²) >= 11 is 5.99. The smallest absolute Gasteiger partial charge is 0.242 e. The maximum atomic E-state index is 12.2. The maximum absolute atomic E-state index is 12.2. The molecule has 1 aliphatic heterocycles. The Labute approximate surface area is 124 Å². The second-order valence-electron chi connectivity index (χ2n) is 4.96. The van der Waals surface area contributed by atoms with E-state index in [0.717, 1.165) is 25.0 Å². The van der Waals surface area contributed by atoms with E-state index in [9.17, 15) is 8.42 Å². The number of ether oxygens (including phenoxy) is 1. The molecule has 0 bridgehead atoms. The van der Waals surface area contributed by atoms with Gasteiger partial charge in [0.25, 0.3) is 0 Å². The zero-order valence-corrected chi connectivity index (χ0v) is 12.9. The molecular weight excluding hydrogens is 300 g/mol. The van der Waals surface area contributed by atoms with E-state index in [0.29, 0.717) is 18.7 Å². The second-order valence-corrected chi connectivity index (χ2v) is 7.10. The lowest BCUT2D eigenvalue weighted by atomic mass is 10.2. The van der Waals surface area contributed by atoms with Gasteiger partial charge in [-0.1, -0.05) is 11.6 Å². The molecule has 1 unspecified atom stereocenters. The van der Waals surface area contributed by atoms with Crippen molar-refractivity contribution >= 4 is 27.3 Å². The van der Waals surface area contributed by atoms with Gasteiger partial charge in [0.15, 0.2) is 0 Å². The van der Waals surface area contributed by atoms with E-state index in [4.69, 9.17) is 22.1 Å². The normalized spacial score (nSPS) is 19.4. The van der Waals surface area contributed by atoms with E-state index in [1.807, 2.05) is 0 Å². The molecule has 3 N–H and O–H groups in total. The molecule has 0 radical (unpaired) electrons. The molecule has 1 aromatic carbocycles. The first-order chi connectivity index (χ1) is 9.40. The molecule has 20 heavy (non-hydrogen) atoms. The monoisotopic (exact) mass is 318 g/mol. The summed E-state index contributed by atoms with van der Waals surface area (Å²) in [5, 5.41) is 0.182. The molecule has 0 aliphatic carbocycles. The number of sulfonamides is 1. The standard InChI is InChI=1S/C13H19ClN2O3S/c1-9-7-11(14)13(8-12(9)15)20(17,18)16-5-4-10-3-2-6-19-10/h7-8,10,16H,2-6,15H2,1H3. The molecule has 0 saturated carbocycles. The topological polar surface area (TPSA) is 81.4 Å². The first-order valence-electron chi connectivity index (χ1n) is 6.57. The highest BCUT2D eigenvalue weighted by molar-refractivity contribution is 7.89. The third kappa shape index (κ3) is 3.63. The zero-order chi connectivity index (χ0) is 14.8. The van der Waals surface area contributed by atoms with Gasteiger partial charge in [0, 0.05) is 18.8 Å². The molecule has 1 heterocycles. The predicted molar refractivity (Wildman–Crippen MR) is 79.4 cm³/mol. The first-order valence-corrected chi connectivity index (χ1v) is 8.43. The fourth-order valence-electron chi connectivity index (χ4n) is 2.18. The second kappa shape index (κ2) is 6.30. The molecule has 1 aromatic rings. The van der Waals surface area contributed by atoms with Crippen molar-refractivity contribution in [2.24, 2.45) is 0 Å². The number of hydrogen-bond acceptors (Lipinski definition) is 4. The summed E-state index contributed by atoms with van der Waals surface area (Å²) < 4.78 is 32.4. The summed E-state index contributed by atoms with van der Waals surface area (Å²) in [6, 6.07) is 2.96. The average molecular weight is 319 g/mol. The van der Waals surface area contributed by atoms with E-state index < -0.39 is 10.0 Å². The molecule has 0 spiro atoms. The molecule has 7 heteroatoms. The molecule has 5 nitrogen and oxygen atoms in total. The van der Waals surface area contributed by atoms with Gasteiger partial charge in [-0.2, -0.15) is 0 Å². The van der Waals surface area contributed by atoms with Crippen LogP contribution in [0.15, 0.2) is 17.0 Å². The molecule has 112 valence electrons. The quantitative estimate of drug-likeness (QED) is 0.814. The van der Waals surface area contributed by atoms with E-state index in [2.05, 4.69) is 4.72 Å². The number of benzene rings is 1. The summed E-state index contributed by atoms with van der Waals surface area (Å²) in [6.07, 6.45) is 2.84. The van der Waals surface area contributed by atoms with Crippen molar-refractivity contribution in [3.8, 4) is 0 Å². The number of anilines is 1. The third-order valence-corrected chi connectivity index (χ3v) is 5.32. The van der Waals surface area contributed by atoms with Crippen LogP contribution >= 0.6 is 11.6 Å². The molecule has 0 aromatic heterocycles. The number of halogens is 1. The highest BCUT2D eigenvalue weighted by Crippen LogP contribution is 2.26. The highest BCUT2D eigenvalue weighted by atomic mass is 35.5. The number of nitrogens with two attached hydrogens (primary N) is 1. The van der Waals surface area contributed by atoms with E-state index in [-0.39, 0.29) is 16.0 Å². The van der Waals surface area contributed by atoms with E-state index in [1.165, 1.54) is 6.07 Å². The van der Waals surface area contributed by atoms with Crippen LogP contribution in [0.5, 0.6) is 0 Å². The van der Waals surface area contributed by atoms with E-state index >= 15 is 0 Å². The number of hydrogen-bond donors (Lipinski definition) is 2. The Morgan fingerprint density at radius 1 is 1.50 bits per heavy atom. The van der Waals surface area contributed by atoms with Crippen LogP contribution < -0.4 is 10.5 Å². The van der Waals surface area contributed by atoms with Gasteiger partial charge in [0.05, 0.1) is 11.1 Å². The fraction of sp³-hybridized carbons (Fsp3) is 0.538. The van der Waals surface area contributed by atoms with Gasteiger partial charge in [0.2, 0.25) is 10.0 Å². The molecule has 1 atom stereocenters. The third-order valence-electron chi connectivity index (χ3n) is 3.39. The summed E-state index contributed by atoms with van der Waals surface area (Å²) in [5.74, 6) is 0. The van der Waals surface area contributed by atoms with Crippen LogP contribution in [-0.4, -0.2) is 27.7 Å². The van der Waals surface area contributed by atoms with Crippen molar-refractivity contribution in [1.29, 1.82) is 0 Å². The average Bonchev–Trinajstić information content (AvgIpc) is 2.86. The number of rotatable bonds is 5. The van der Waals surface area contributed by atoms with Crippen LogP contribution in [0.3, 0.4) is 0 Å². The predicted octanol–water partition coefficient (Wildman–Crippen LogP) is 2.08. The fourth-order valence-corrected chi connectivity index (χ4v) is 3.84. The van der Waals surface area contributed by atoms with Crippen molar-refractivity contribution in [3.63, 3.8) is 0 Å². The van der Waals surface area contributed by atoms with Crippen LogP contribution in [0.4, 0.5) is 5.69 Å². The van der Waals surface area contributed by atoms with Gasteiger partial charge in [-0.3, -0.25) is 0 Å². The summed E-state index contributed by atoms with van der Waals surface area (Å²) in [6.45, 7) is 2.87. The summed E-state index contributed by atoms with van der Waals surface area (Å²) in [5.41, 5.74) is 6.91. The Morgan fingerprint density at radius 3 is 2.90 bits per heavy atom. The Balaban J connectivity index is 2.04. The van der Waals surface area contributed by atoms with Crippen molar-refractivity contribution in [3.05, 3.63) is 22.7 Å². The largest absolute Gasteiger partial charge is 0.398 e. The van der Waals surface area contributed by atoms with Crippen molar-refractivity contribution in [1.82, 2.24) is 4.72 Å². The van der Waals surface area contributed by atoms with Crippen LogP contribution in [0.25, 0.3) is 0 Å². The number of nitrogens with one attached hydrogen (secondary N) is 1. The zero-order valence-electron chi connectivity index (χ0n) is 11.4. The van der Waals surface area contributed by atoms with Crippen molar-refractivity contribution in [2.75, 3.05) is 18.9 Å². The first kappa shape index (κ1) is 15.6. The lowest BCUT2D eigenvalue weighted by Crippen LogP contribution is -2.27. The SMILES string of the molecule is Cc1cc(Cl)c(S(=O)(=O)NCCC2CCCO2)cc1N. The van der Waals surface area contributed by atoms with Crippen LogP contribution in [0.1, 0.15) is 24.8 Å². The molecule has 2 rings (SSSR count). The number of aryl methyl sites for hydroxylation is 1. The Hall–Kier alpha value is -0.820. The minimum absolute atomic E-state index is 0.0228. The Morgan fingerprint density at radius 2 is 2.25 bits per heavy atom. The van der Waals surface area contributed by atoms with Gasteiger partial charge < -0.3 is 10.5 Å².